The van der Waals surface area contributed by atoms with Crippen LogP contribution < -0.4 is 10.5 Å². The Labute approximate surface area is 149 Å². The number of primary amides is 1. The molecule has 2 heterocycles. The van der Waals surface area contributed by atoms with Gasteiger partial charge in [-0.15, -0.1) is 0 Å². The fourth-order valence-corrected chi connectivity index (χ4v) is 3.50. The summed E-state index contributed by atoms with van der Waals surface area (Å²) in [4.78, 5) is 15.7. The van der Waals surface area contributed by atoms with Crippen molar-refractivity contribution in [2.75, 3.05) is 6.61 Å². The highest BCUT2D eigenvalue weighted by molar-refractivity contribution is 5.91. The van der Waals surface area contributed by atoms with Crippen LogP contribution in [0.2, 0.25) is 0 Å². The van der Waals surface area contributed by atoms with Crippen molar-refractivity contribution in [3.8, 4) is 29.0 Å². The van der Waals surface area contributed by atoms with Crippen LogP contribution in [-0.2, 0) is 6.54 Å². The molecule has 0 radical (unpaired) electrons. The van der Waals surface area contributed by atoms with Gasteiger partial charge in [-0.1, -0.05) is 18.8 Å². The lowest BCUT2D eigenvalue weighted by atomic mass is 9.72. The van der Waals surface area contributed by atoms with Crippen molar-refractivity contribution in [1.82, 2.24) is 9.55 Å². The molecule has 0 saturated heterocycles. The molecule has 1 aromatic heterocycles. The number of rotatable bonds is 1. The largest absolute Gasteiger partial charge is 0.491 e. The first-order chi connectivity index (χ1) is 12.3. The molecule has 2 aromatic rings. The van der Waals surface area contributed by atoms with Crippen LogP contribution in [0.15, 0.2) is 18.3 Å². The van der Waals surface area contributed by atoms with Crippen LogP contribution in [0.1, 0.15) is 35.8 Å². The standard InChI is InChI=1S/C19H18FN3O3/c1-11-8-19(25,9-11)3-2-12-6-13-16(7-14(12)20)26-5-4-23-10-15(17(21)24)22-18(13)23/h6-7,10-11,25H,4-5,8-9H2,1H3,(H2,21,24). The second-order valence-electron chi connectivity index (χ2n) is 6.98. The third-order valence-electron chi connectivity index (χ3n) is 4.73. The fraction of sp³-hybridized carbons (Fsp3) is 0.368. The lowest BCUT2D eigenvalue weighted by molar-refractivity contribution is -0.0149. The average molecular weight is 355 g/mol. The molecule has 2 aliphatic rings. The molecule has 0 spiro atoms. The molecule has 4 rings (SSSR count). The smallest absolute Gasteiger partial charge is 0.268 e. The highest BCUT2D eigenvalue weighted by atomic mass is 19.1. The number of halogens is 1. The normalized spacial score (nSPS) is 23.4. The molecule has 134 valence electrons. The second kappa shape index (κ2) is 5.85. The zero-order chi connectivity index (χ0) is 18.5. The van der Waals surface area contributed by atoms with E-state index in [9.17, 15) is 14.3 Å². The Morgan fingerprint density at radius 1 is 1.50 bits per heavy atom. The van der Waals surface area contributed by atoms with Gasteiger partial charge in [0.2, 0.25) is 0 Å². The van der Waals surface area contributed by atoms with E-state index in [1.54, 1.807) is 10.8 Å². The molecular weight excluding hydrogens is 337 g/mol. The molecule has 0 bridgehead atoms. The molecule has 0 unspecified atom stereocenters. The van der Waals surface area contributed by atoms with Crippen LogP contribution in [0.3, 0.4) is 0 Å². The number of hydrogen-bond acceptors (Lipinski definition) is 4. The molecule has 7 heteroatoms. The number of amides is 1. The predicted molar refractivity (Wildman–Crippen MR) is 91.9 cm³/mol. The number of aliphatic hydroxyl groups is 1. The summed E-state index contributed by atoms with van der Waals surface area (Å²) in [5, 5.41) is 10.2. The van der Waals surface area contributed by atoms with Crippen molar-refractivity contribution in [2.24, 2.45) is 11.7 Å². The van der Waals surface area contributed by atoms with Crippen molar-refractivity contribution in [3.63, 3.8) is 0 Å². The summed E-state index contributed by atoms with van der Waals surface area (Å²) >= 11 is 0. The van der Waals surface area contributed by atoms with Crippen LogP contribution in [-0.4, -0.2) is 32.8 Å². The maximum atomic E-state index is 14.4. The number of ether oxygens (including phenoxy) is 1. The van der Waals surface area contributed by atoms with E-state index in [2.05, 4.69) is 16.8 Å². The van der Waals surface area contributed by atoms with Gasteiger partial charge in [-0.25, -0.2) is 9.37 Å². The molecule has 6 nitrogen and oxygen atoms in total. The van der Waals surface area contributed by atoms with Crippen LogP contribution in [0.4, 0.5) is 4.39 Å². The summed E-state index contributed by atoms with van der Waals surface area (Å²) in [6, 6.07) is 2.80. The monoisotopic (exact) mass is 355 g/mol. The second-order valence-corrected chi connectivity index (χ2v) is 6.98. The molecule has 1 aromatic carbocycles. The highest BCUT2D eigenvalue weighted by Gasteiger charge is 2.38. The van der Waals surface area contributed by atoms with Crippen LogP contribution in [0.5, 0.6) is 5.75 Å². The Morgan fingerprint density at radius 2 is 2.27 bits per heavy atom. The minimum absolute atomic E-state index is 0.141. The van der Waals surface area contributed by atoms with E-state index in [0.717, 1.165) is 0 Å². The topological polar surface area (TPSA) is 90.4 Å². The number of imidazole rings is 1. The molecule has 0 atom stereocenters. The van der Waals surface area contributed by atoms with E-state index in [1.807, 2.05) is 6.92 Å². The van der Waals surface area contributed by atoms with E-state index in [4.69, 9.17) is 10.5 Å². The van der Waals surface area contributed by atoms with Crippen molar-refractivity contribution in [3.05, 3.63) is 35.4 Å². The zero-order valence-electron chi connectivity index (χ0n) is 14.3. The van der Waals surface area contributed by atoms with Gasteiger partial charge in [-0.3, -0.25) is 4.79 Å². The Bertz CT molecular complexity index is 964. The minimum Gasteiger partial charge on any atom is -0.491 e. The Morgan fingerprint density at radius 3 is 2.96 bits per heavy atom. The van der Waals surface area contributed by atoms with Crippen molar-refractivity contribution in [2.45, 2.75) is 31.9 Å². The number of hydrogen-bond donors (Lipinski definition) is 2. The van der Waals surface area contributed by atoms with Gasteiger partial charge >= 0.3 is 0 Å². The first-order valence-electron chi connectivity index (χ1n) is 8.44. The summed E-state index contributed by atoms with van der Waals surface area (Å²) in [6.07, 6.45) is 2.73. The SMILES string of the molecule is CC1CC(O)(C#Cc2cc3c(cc2F)OCCn2cc(C(N)=O)nc2-3)C1. The molecule has 26 heavy (non-hydrogen) atoms. The molecule has 1 fully saturated rings. The van der Waals surface area contributed by atoms with Crippen molar-refractivity contribution < 1.29 is 19.0 Å². The van der Waals surface area contributed by atoms with Gasteiger partial charge in [0.1, 0.15) is 35.3 Å². The Balaban J connectivity index is 1.78. The van der Waals surface area contributed by atoms with E-state index in [1.165, 1.54) is 12.1 Å². The zero-order valence-corrected chi connectivity index (χ0v) is 14.3. The number of carbonyl (C=O) groups is 1. The number of nitrogens with two attached hydrogens (primary N) is 1. The maximum absolute atomic E-state index is 14.4. The van der Waals surface area contributed by atoms with Crippen molar-refractivity contribution >= 4 is 5.91 Å². The van der Waals surface area contributed by atoms with E-state index in [-0.39, 0.29) is 11.3 Å². The third-order valence-corrected chi connectivity index (χ3v) is 4.73. The molecule has 1 amide bonds. The van der Waals surface area contributed by atoms with Crippen LogP contribution in [0, 0.1) is 23.6 Å². The molecular formula is C19H18FN3O3. The molecule has 1 saturated carbocycles. The lowest BCUT2D eigenvalue weighted by Crippen LogP contribution is -2.41. The number of fused-ring (bicyclic) bond motifs is 3. The van der Waals surface area contributed by atoms with E-state index < -0.39 is 17.3 Å². The first kappa shape index (κ1) is 16.6. The number of nitrogens with zero attached hydrogens (tertiary/aromatic N) is 2. The maximum Gasteiger partial charge on any atom is 0.268 e. The third kappa shape index (κ3) is 2.82. The quantitative estimate of drug-likeness (QED) is 0.762. The minimum atomic E-state index is -1.05. The summed E-state index contributed by atoms with van der Waals surface area (Å²) in [7, 11) is 0. The van der Waals surface area contributed by atoms with Gasteiger partial charge < -0.3 is 20.1 Å². The fourth-order valence-electron chi connectivity index (χ4n) is 3.50. The highest BCUT2D eigenvalue weighted by Crippen LogP contribution is 2.37. The number of carbonyl (C=O) groups excluding carboxylic acids is 1. The Kier molecular flexibility index (Phi) is 3.74. The lowest BCUT2D eigenvalue weighted by Gasteiger charge is -2.37. The molecule has 1 aliphatic heterocycles. The number of benzene rings is 1. The van der Waals surface area contributed by atoms with Gasteiger partial charge in [0.05, 0.1) is 17.7 Å². The average Bonchev–Trinajstić information content (AvgIpc) is 2.90. The van der Waals surface area contributed by atoms with Gasteiger partial charge in [0.15, 0.2) is 0 Å². The van der Waals surface area contributed by atoms with Gasteiger partial charge in [-0.05, 0) is 24.8 Å². The first-order valence-corrected chi connectivity index (χ1v) is 8.44. The van der Waals surface area contributed by atoms with E-state index >= 15 is 0 Å². The number of aromatic nitrogens is 2. The van der Waals surface area contributed by atoms with Crippen LogP contribution in [0.25, 0.3) is 11.4 Å². The summed E-state index contributed by atoms with van der Waals surface area (Å²) in [5.41, 5.74) is 5.09. The van der Waals surface area contributed by atoms with Crippen molar-refractivity contribution in [1.29, 1.82) is 0 Å². The molecule has 1 aliphatic carbocycles. The summed E-state index contributed by atoms with van der Waals surface area (Å²) in [5.74, 6) is 5.60. The van der Waals surface area contributed by atoms with Gasteiger partial charge in [0.25, 0.3) is 5.91 Å². The van der Waals surface area contributed by atoms with Crippen LogP contribution >= 0.6 is 0 Å². The van der Waals surface area contributed by atoms with E-state index in [0.29, 0.717) is 49.0 Å². The summed E-state index contributed by atoms with van der Waals surface area (Å²) in [6.45, 7) is 2.81. The van der Waals surface area contributed by atoms with Gasteiger partial charge in [0, 0.05) is 12.3 Å². The molecule has 3 N–H and O–H groups in total. The Hall–Kier alpha value is -2.85. The predicted octanol–water partition coefficient (Wildman–Crippen LogP) is 1.69. The summed E-state index contributed by atoms with van der Waals surface area (Å²) < 4.78 is 21.8. The van der Waals surface area contributed by atoms with Gasteiger partial charge in [-0.2, -0.15) is 0 Å².